The minimum atomic E-state index is 0.290. The fourth-order valence-corrected chi connectivity index (χ4v) is 1.72. The van der Waals surface area contributed by atoms with Crippen molar-refractivity contribution >= 4 is 38.6 Å². The Kier molecular flexibility index (Phi) is 1.98. The Morgan fingerprint density at radius 1 is 1.54 bits per heavy atom. The maximum absolute atomic E-state index is 8.78. The summed E-state index contributed by atoms with van der Waals surface area (Å²) in [6.07, 6.45) is 0. The molecule has 1 aromatic carbocycles. The number of imidazole rings is 1. The lowest BCUT2D eigenvalue weighted by Gasteiger charge is -1.93. The molecule has 0 spiro atoms. The van der Waals surface area contributed by atoms with E-state index in [9.17, 15) is 0 Å². The zero-order valence-corrected chi connectivity index (χ0v) is 8.65. The largest absolute Gasteiger partial charge is 0.327 e. The molecule has 0 saturated carbocycles. The van der Waals surface area contributed by atoms with Gasteiger partial charge in [-0.25, -0.2) is 4.98 Å². The van der Waals surface area contributed by atoms with Crippen LogP contribution in [0, 0.1) is 11.3 Å². The van der Waals surface area contributed by atoms with Crippen LogP contribution >= 0.6 is 27.5 Å². The highest BCUT2D eigenvalue weighted by molar-refractivity contribution is 9.10. The van der Waals surface area contributed by atoms with Crippen LogP contribution in [-0.4, -0.2) is 9.97 Å². The Hall–Kier alpha value is -1.05. The topological polar surface area (TPSA) is 52.5 Å². The molecule has 3 nitrogen and oxygen atoms in total. The van der Waals surface area contributed by atoms with Crippen LogP contribution < -0.4 is 0 Å². The van der Waals surface area contributed by atoms with Gasteiger partial charge in [-0.2, -0.15) is 5.26 Å². The molecule has 5 heteroatoms. The van der Waals surface area contributed by atoms with Crippen LogP contribution in [0.3, 0.4) is 0 Å². The van der Waals surface area contributed by atoms with Gasteiger partial charge in [-0.05, 0) is 39.7 Å². The maximum Gasteiger partial charge on any atom is 0.201 e. The summed E-state index contributed by atoms with van der Waals surface area (Å²) in [6.45, 7) is 0. The normalized spacial score (nSPS) is 10.2. The monoisotopic (exact) mass is 255 g/mol. The second kappa shape index (κ2) is 3.02. The van der Waals surface area contributed by atoms with E-state index in [1.165, 1.54) is 0 Å². The van der Waals surface area contributed by atoms with E-state index in [0.29, 0.717) is 21.9 Å². The number of halogens is 2. The van der Waals surface area contributed by atoms with E-state index in [0.717, 1.165) is 4.47 Å². The van der Waals surface area contributed by atoms with Crippen molar-refractivity contribution in [2.75, 3.05) is 0 Å². The first kappa shape index (κ1) is 8.54. The summed E-state index contributed by atoms with van der Waals surface area (Å²) >= 11 is 9.01. The van der Waals surface area contributed by atoms with Crippen LogP contribution in [0.2, 0.25) is 5.28 Å². The van der Waals surface area contributed by atoms with Crippen molar-refractivity contribution < 1.29 is 0 Å². The van der Waals surface area contributed by atoms with Crippen molar-refractivity contribution in [3.8, 4) is 6.07 Å². The molecular formula is C8H3BrClN3. The highest BCUT2D eigenvalue weighted by Crippen LogP contribution is 2.25. The molecule has 2 aromatic rings. The van der Waals surface area contributed by atoms with E-state index in [-0.39, 0.29) is 0 Å². The summed E-state index contributed by atoms with van der Waals surface area (Å²) in [5.41, 5.74) is 1.89. The molecule has 1 N–H and O–H groups in total. The molecule has 13 heavy (non-hydrogen) atoms. The van der Waals surface area contributed by atoms with Crippen molar-refractivity contribution in [1.82, 2.24) is 9.97 Å². The van der Waals surface area contributed by atoms with Crippen molar-refractivity contribution in [2.24, 2.45) is 0 Å². The average Bonchev–Trinajstić information content (AvgIpc) is 2.48. The first-order valence-corrected chi connectivity index (χ1v) is 4.63. The van der Waals surface area contributed by atoms with Crippen LogP contribution in [0.5, 0.6) is 0 Å². The van der Waals surface area contributed by atoms with Crippen molar-refractivity contribution in [3.63, 3.8) is 0 Å². The fourth-order valence-electron chi connectivity index (χ4n) is 1.12. The molecule has 0 aliphatic carbocycles. The van der Waals surface area contributed by atoms with E-state index < -0.39 is 0 Å². The van der Waals surface area contributed by atoms with Gasteiger partial charge in [-0.15, -0.1) is 0 Å². The summed E-state index contributed by atoms with van der Waals surface area (Å²) in [5.74, 6) is 0. The van der Waals surface area contributed by atoms with Gasteiger partial charge in [0, 0.05) is 4.47 Å². The molecule has 0 unspecified atom stereocenters. The van der Waals surface area contributed by atoms with Gasteiger partial charge in [0.15, 0.2) is 0 Å². The van der Waals surface area contributed by atoms with Gasteiger partial charge < -0.3 is 4.98 Å². The molecule has 0 amide bonds. The van der Waals surface area contributed by atoms with Crippen molar-refractivity contribution in [2.45, 2.75) is 0 Å². The number of nitrogens with zero attached hydrogens (tertiary/aromatic N) is 2. The van der Waals surface area contributed by atoms with Gasteiger partial charge in [0.05, 0.1) is 11.1 Å². The summed E-state index contributed by atoms with van der Waals surface area (Å²) in [5, 5.41) is 9.07. The van der Waals surface area contributed by atoms with Gasteiger partial charge in [0.2, 0.25) is 5.28 Å². The standard InChI is InChI=1S/C8H3BrClN3/c9-5-2-1-4(3-11)6-7(5)13-8(10)12-6/h1-2H,(H,12,13). The zero-order valence-electron chi connectivity index (χ0n) is 6.31. The smallest absolute Gasteiger partial charge is 0.201 e. The summed E-state index contributed by atoms with van der Waals surface area (Å²) < 4.78 is 0.824. The molecular weight excluding hydrogens is 253 g/mol. The Morgan fingerprint density at radius 2 is 2.31 bits per heavy atom. The van der Waals surface area contributed by atoms with Crippen molar-refractivity contribution in [1.29, 1.82) is 5.26 Å². The predicted octanol–water partition coefficient (Wildman–Crippen LogP) is 2.85. The van der Waals surface area contributed by atoms with E-state index >= 15 is 0 Å². The number of hydrogen-bond donors (Lipinski definition) is 1. The van der Waals surface area contributed by atoms with Crippen LogP contribution in [0.1, 0.15) is 5.56 Å². The molecule has 0 aliphatic heterocycles. The van der Waals surface area contributed by atoms with Gasteiger partial charge in [0.1, 0.15) is 11.6 Å². The molecule has 0 saturated heterocycles. The molecule has 0 radical (unpaired) electrons. The van der Waals surface area contributed by atoms with Gasteiger partial charge in [-0.1, -0.05) is 0 Å². The fraction of sp³-hybridized carbons (Fsp3) is 0. The third-order valence-electron chi connectivity index (χ3n) is 1.69. The lowest BCUT2D eigenvalue weighted by Crippen LogP contribution is -1.78. The van der Waals surface area contributed by atoms with E-state index in [2.05, 4.69) is 32.0 Å². The predicted molar refractivity (Wildman–Crippen MR) is 53.5 cm³/mol. The Bertz CT molecular complexity index is 512. The lowest BCUT2D eigenvalue weighted by molar-refractivity contribution is 1.34. The third-order valence-corrected chi connectivity index (χ3v) is 2.51. The number of rotatable bonds is 0. The number of fused-ring (bicyclic) bond motifs is 1. The number of hydrogen-bond acceptors (Lipinski definition) is 2. The number of H-pyrrole nitrogens is 1. The van der Waals surface area contributed by atoms with Crippen LogP contribution in [-0.2, 0) is 0 Å². The second-order valence-electron chi connectivity index (χ2n) is 2.46. The van der Waals surface area contributed by atoms with Crippen molar-refractivity contribution in [3.05, 3.63) is 27.5 Å². The summed E-state index contributed by atoms with van der Waals surface area (Å²) in [4.78, 5) is 6.85. The quantitative estimate of drug-likeness (QED) is 0.788. The first-order valence-electron chi connectivity index (χ1n) is 3.46. The van der Waals surface area contributed by atoms with E-state index in [1.807, 2.05) is 0 Å². The number of nitrogens with one attached hydrogen (secondary N) is 1. The molecule has 0 fully saturated rings. The molecule has 0 bridgehead atoms. The molecule has 1 aromatic heterocycles. The maximum atomic E-state index is 8.78. The minimum Gasteiger partial charge on any atom is -0.327 e. The number of nitriles is 1. The van der Waals surface area contributed by atoms with Crippen LogP contribution in [0.4, 0.5) is 0 Å². The minimum absolute atomic E-state index is 0.290. The summed E-state index contributed by atoms with van der Waals surface area (Å²) in [6, 6.07) is 5.54. The summed E-state index contributed by atoms with van der Waals surface area (Å²) in [7, 11) is 0. The number of benzene rings is 1. The lowest BCUT2D eigenvalue weighted by atomic mass is 10.2. The Labute approximate surface area is 87.5 Å². The molecule has 2 rings (SSSR count). The number of aromatic amines is 1. The van der Waals surface area contributed by atoms with Crippen LogP contribution in [0.25, 0.3) is 11.0 Å². The van der Waals surface area contributed by atoms with E-state index in [4.69, 9.17) is 16.9 Å². The molecule has 1 heterocycles. The number of aromatic nitrogens is 2. The Morgan fingerprint density at radius 3 is 3.00 bits per heavy atom. The first-order chi connectivity index (χ1) is 6.22. The van der Waals surface area contributed by atoms with E-state index in [1.54, 1.807) is 12.1 Å². The Balaban J connectivity index is 2.94. The SMILES string of the molecule is N#Cc1ccc(Br)c2nc(Cl)[nH]c12. The third kappa shape index (κ3) is 1.30. The van der Waals surface area contributed by atoms with Gasteiger partial charge in [0.25, 0.3) is 0 Å². The van der Waals surface area contributed by atoms with Gasteiger partial charge >= 0.3 is 0 Å². The zero-order chi connectivity index (χ0) is 9.42. The highest BCUT2D eigenvalue weighted by atomic mass is 79.9. The molecule has 0 atom stereocenters. The second-order valence-corrected chi connectivity index (χ2v) is 3.67. The average molecular weight is 256 g/mol. The van der Waals surface area contributed by atoms with Gasteiger partial charge in [-0.3, -0.25) is 0 Å². The molecule has 64 valence electrons. The van der Waals surface area contributed by atoms with Crippen LogP contribution in [0.15, 0.2) is 16.6 Å². The molecule has 0 aliphatic rings. The highest BCUT2D eigenvalue weighted by Gasteiger charge is 2.08.